The zero-order chi connectivity index (χ0) is 13.8. The molecule has 1 rings (SSSR count). The molecule has 3 N–H and O–H groups in total. The summed E-state index contributed by atoms with van der Waals surface area (Å²) in [6.45, 7) is 7.62. The number of likely N-dealkylation sites (tertiary alicyclic amines) is 1. The van der Waals surface area contributed by atoms with E-state index in [0.717, 1.165) is 12.8 Å². The van der Waals surface area contributed by atoms with Gasteiger partial charge in [-0.2, -0.15) is 0 Å². The molecule has 1 aliphatic heterocycles. The van der Waals surface area contributed by atoms with E-state index in [1.165, 1.54) is 0 Å². The molecule has 0 unspecified atom stereocenters. The Morgan fingerprint density at radius 1 is 1.33 bits per heavy atom. The van der Waals surface area contributed by atoms with Crippen LogP contribution in [0.1, 0.15) is 40.0 Å². The number of amides is 2. The van der Waals surface area contributed by atoms with Crippen molar-refractivity contribution in [2.75, 3.05) is 19.6 Å². The van der Waals surface area contributed by atoms with Crippen LogP contribution < -0.4 is 11.1 Å². The molecule has 1 fully saturated rings. The second kappa shape index (κ2) is 6.18. The predicted molar refractivity (Wildman–Crippen MR) is 70.9 cm³/mol. The van der Waals surface area contributed by atoms with Crippen molar-refractivity contribution in [3.63, 3.8) is 0 Å². The van der Waals surface area contributed by atoms with E-state index in [-0.39, 0.29) is 17.7 Å². The normalized spacial score (nSPS) is 17.7. The third kappa shape index (κ3) is 4.64. The highest BCUT2D eigenvalue weighted by molar-refractivity contribution is 5.80. The number of hydrogen-bond donors (Lipinski definition) is 2. The van der Waals surface area contributed by atoms with Crippen molar-refractivity contribution < 1.29 is 9.59 Å². The molecule has 0 aliphatic carbocycles. The maximum Gasteiger partial charge on any atom is 0.224 e. The topological polar surface area (TPSA) is 75.4 Å². The van der Waals surface area contributed by atoms with E-state index in [1.54, 1.807) is 0 Å². The fourth-order valence-electron chi connectivity index (χ4n) is 2.21. The number of nitrogens with zero attached hydrogens (tertiary/aromatic N) is 1. The van der Waals surface area contributed by atoms with Crippen LogP contribution in [0.4, 0.5) is 0 Å². The Labute approximate surface area is 109 Å². The molecule has 0 aromatic rings. The highest BCUT2D eigenvalue weighted by Crippen LogP contribution is 2.19. The third-order valence-electron chi connectivity index (χ3n) is 3.18. The number of hydrogen-bond acceptors (Lipinski definition) is 3. The number of piperidine rings is 1. The fraction of sp³-hybridized carbons (Fsp3) is 0.846. The lowest BCUT2D eigenvalue weighted by Gasteiger charge is -2.33. The van der Waals surface area contributed by atoms with Crippen molar-refractivity contribution in [3.05, 3.63) is 0 Å². The van der Waals surface area contributed by atoms with Gasteiger partial charge in [-0.15, -0.1) is 0 Å². The molecule has 0 aromatic heterocycles. The zero-order valence-electron chi connectivity index (χ0n) is 11.7. The minimum absolute atomic E-state index is 0.0555. The Hall–Kier alpha value is -1.10. The molecule has 18 heavy (non-hydrogen) atoms. The number of nitrogens with two attached hydrogens (primary N) is 1. The van der Waals surface area contributed by atoms with Crippen molar-refractivity contribution in [2.45, 2.75) is 45.6 Å². The van der Waals surface area contributed by atoms with E-state index in [0.29, 0.717) is 26.1 Å². The van der Waals surface area contributed by atoms with Gasteiger partial charge in [0.1, 0.15) is 0 Å². The molecule has 0 saturated carbocycles. The summed E-state index contributed by atoms with van der Waals surface area (Å²) in [6.07, 6.45) is 1.87. The average molecular weight is 255 g/mol. The predicted octanol–water partition coefficient (Wildman–Crippen LogP) is 0.489. The SMILES string of the molecule is CCNC(=O)C1CCN(C(=O)CC(C)(C)N)CC1. The Morgan fingerprint density at radius 2 is 1.89 bits per heavy atom. The number of rotatable bonds is 4. The Balaban J connectivity index is 2.39. The summed E-state index contributed by atoms with van der Waals surface area (Å²) < 4.78 is 0. The summed E-state index contributed by atoms with van der Waals surface area (Å²) in [5, 5.41) is 2.84. The summed E-state index contributed by atoms with van der Waals surface area (Å²) in [5.74, 6) is 0.264. The van der Waals surface area contributed by atoms with Crippen molar-refractivity contribution >= 4 is 11.8 Å². The van der Waals surface area contributed by atoms with Crippen LogP contribution in [0.2, 0.25) is 0 Å². The van der Waals surface area contributed by atoms with Crippen LogP contribution in [0.3, 0.4) is 0 Å². The van der Waals surface area contributed by atoms with Gasteiger partial charge in [-0.3, -0.25) is 9.59 Å². The lowest BCUT2D eigenvalue weighted by Crippen LogP contribution is -2.46. The Kier molecular flexibility index (Phi) is 5.14. The van der Waals surface area contributed by atoms with Gasteiger partial charge < -0.3 is 16.0 Å². The van der Waals surface area contributed by atoms with Gasteiger partial charge in [0.2, 0.25) is 11.8 Å². The van der Waals surface area contributed by atoms with E-state index in [4.69, 9.17) is 5.73 Å². The molecule has 1 heterocycles. The first kappa shape index (κ1) is 15.0. The summed E-state index contributed by atoms with van der Waals surface area (Å²) in [7, 11) is 0. The number of nitrogens with one attached hydrogen (secondary N) is 1. The Bertz CT molecular complexity index is 302. The van der Waals surface area contributed by atoms with Gasteiger partial charge in [-0.25, -0.2) is 0 Å². The summed E-state index contributed by atoms with van der Waals surface area (Å²) in [6, 6.07) is 0. The molecular weight excluding hydrogens is 230 g/mol. The summed E-state index contributed by atoms with van der Waals surface area (Å²) >= 11 is 0. The molecular formula is C13H25N3O2. The first-order chi connectivity index (χ1) is 8.33. The smallest absolute Gasteiger partial charge is 0.224 e. The molecule has 5 nitrogen and oxygen atoms in total. The molecule has 0 spiro atoms. The summed E-state index contributed by atoms with van der Waals surface area (Å²) in [5.41, 5.74) is 5.38. The lowest BCUT2D eigenvalue weighted by atomic mass is 9.94. The largest absolute Gasteiger partial charge is 0.356 e. The Morgan fingerprint density at radius 3 is 2.33 bits per heavy atom. The van der Waals surface area contributed by atoms with E-state index >= 15 is 0 Å². The lowest BCUT2D eigenvalue weighted by molar-refractivity contribution is -0.136. The molecule has 2 amide bonds. The standard InChI is InChI=1S/C13H25N3O2/c1-4-15-12(18)10-5-7-16(8-6-10)11(17)9-13(2,3)14/h10H,4-9,14H2,1-3H3,(H,15,18). The maximum absolute atomic E-state index is 12.0. The zero-order valence-corrected chi connectivity index (χ0v) is 11.7. The molecule has 0 radical (unpaired) electrons. The van der Waals surface area contributed by atoms with Gasteiger partial charge in [-0.05, 0) is 33.6 Å². The minimum Gasteiger partial charge on any atom is -0.356 e. The molecule has 1 saturated heterocycles. The molecule has 1 aliphatic rings. The molecule has 0 aromatic carbocycles. The molecule has 5 heteroatoms. The first-order valence-electron chi connectivity index (χ1n) is 6.68. The maximum atomic E-state index is 12.0. The van der Waals surface area contributed by atoms with Crippen molar-refractivity contribution in [2.24, 2.45) is 11.7 Å². The van der Waals surface area contributed by atoms with Gasteiger partial charge in [0.15, 0.2) is 0 Å². The number of carbonyl (C=O) groups is 2. The van der Waals surface area contributed by atoms with E-state index in [9.17, 15) is 9.59 Å². The monoisotopic (exact) mass is 255 g/mol. The molecule has 0 atom stereocenters. The van der Waals surface area contributed by atoms with Crippen molar-refractivity contribution in [1.82, 2.24) is 10.2 Å². The number of carbonyl (C=O) groups excluding carboxylic acids is 2. The quantitative estimate of drug-likeness (QED) is 0.767. The first-order valence-corrected chi connectivity index (χ1v) is 6.68. The van der Waals surface area contributed by atoms with Gasteiger partial charge in [0, 0.05) is 37.5 Å². The van der Waals surface area contributed by atoms with Crippen LogP contribution in [-0.2, 0) is 9.59 Å². The fourth-order valence-corrected chi connectivity index (χ4v) is 2.21. The molecule has 0 bridgehead atoms. The highest BCUT2D eigenvalue weighted by atomic mass is 16.2. The highest BCUT2D eigenvalue weighted by Gasteiger charge is 2.28. The van der Waals surface area contributed by atoms with Crippen LogP contribution in [0, 0.1) is 5.92 Å². The van der Waals surface area contributed by atoms with Crippen LogP contribution in [0.25, 0.3) is 0 Å². The van der Waals surface area contributed by atoms with E-state index in [2.05, 4.69) is 5.32 Å². The second-order valence-corrected chi connectivity index (χ2v) is 5.71. The van der Waals surface area contributed by atoms with E-state index < -0.39 is 5.54 Å². The van der Waals surface area contributed by atoms with Crippen molar-refractivity contribution in [1.29, 1.82) is 0 Å². The molecule has 104 valence electrons. The van der Waals surface area contributed by atoms with Gasteiger partial charge >= 0.3 is 0 Å². The van der Waals surface area contributed by atoms with E-state index in [1.807, 2.05) is 25.7 Å². The second-order valence-electron chi connectivity index (χ2n) is 5.71. The van der Waals surface area contributed by atoms with Gasteiger partial charge in [0.25, 0.3) is 0 Å². The third-order valence-corrected chi connectivity index (χ3v) is 3.18. The van der Waals surface area contributed by atoms with Crippen LogP contribution in [0.15, 0.2) is 0 Å². The van der Waals surface area contributed by atoms with Crippen molar-refractivity contribution in [3.8, 4) is 0 Å². The summed E-state index contributed by atoms with van der Waals surface area (Å²) in [4.78, 5) is 25.5. The van der Waals surface area contributed by atoms with Gasteiger partial charge in [0.05, 0.1) is 0 Å². The average Bonchev–Trinajstić information content (AvgIpc) is 2.27. The van der Waals surface area contributed by atoms with Crippen LogP contribution in [0.5, 0.6) is 0 Å². The van der Waals surface area contributed by atoms with Crippen LogP contribution in [-0.4, -0.2) is 41.9 Å². The van der Waals surface area contributed by atoms with Crippen LogP contribution >= 0.6 is 0 Å². The minimum atomic E-state index is -0.465. The van der Waals surface area contributed by atoms with Gasteiger partial charge in [-0.1, -0.05) is 0 Å².